The maximum Gasteiger partial charge on any atom is 0.310 e. The summed E-state index contributed by atoms with van der Waals surface area (Å²) < 4.78 is 5.18. The van der Waals surface area contributed by atoms with Gasteiger partial charge >= 0.3 is 5.97 Å². The van der Waals surface area contributed by atoms with E-state index >= 15 is 0 Å². The maximum atomic E-state index is 12.1. The second-order valence-electron chi connectivity index (χ2n) is 5.37. The molecule has 1 N–H and O–H groups in total. The Bertz CT molecular complexity index is 487. The van der Waals surface area contributed by atoms with E-state index in [-0.39, 0.29) is 12.3 Å². The van der Waals surface area contributed by atoms with Crippen molar-refractivity contribution in [1.82, 2.24) is 4.90 Å². The monoisotopic (exact) mass is 265 g/mol. The van der Waals surface area contributed by atoms with Crippen molar-refractivity contribution in [2.24, 2.45) is 5.41 Å². The minimum absolute atomic E-state index is 0.0930. The van der Waals surface area contributed by atoms with Gasteiger partial charge in [-0.2, -0.15) is 0 Å². The molecule has 1 saturated carbocycles. The highest BCUT2D eigenvalue weighted by atomic mass is 16.4. The molecule has 0 radical (unpaired) electrons. The van der Waals surface area contributed by atoms with Crippen molar-refractivity contribution < 1.29 is 19.1 Å². The van der Waals surface area contributed by atoms with Gasteiger partial charge in [-0.25, -0.2) is 0 Å². The fraction of sp³-hybridized carbons (Fsp3) is 0.571. The van der Waals surface area contributed by atoms with Crippen molar-refractivity contribution in [3.63, 3.8) is 0 Å². The van der Waals surface area contributed by atoms with Gasteiger partial charge in [0.25, 0.3) is 0 Å². The van der Waals surface area contributed by atoms with Gasteiger partial charge in [-0.3, -0.25) is 9.59 Å². The zero-order chi connectivity index (χ0) is 14.0. The fourth-order valence-electron chi connectivity index (χ4n) is 2.41. The number of carbonyl (C=O) groups excluding carboxylic acids is 1. The SMILES string of the molecule is Cc1occc1CN(C)C(=O)CC1(C(=O)O)CCC1. The van der Waals surface area contributed by atoms with Crippen LogP contribution in [0, 0.1) is 12.3 Å². The summed E-state index contributed by atoms with van der Waals surface area (Å²) >= 11 is 0. The van der Waals surface area contributed by atoms with Crippen LogP contribution in [0.15, 0.2) is 16.7 Å². The number of aryl methyl sites for hydroxylation is 1. The second kappa shape index (κ2) is 5.07. The van der Waals surface area contributed by atoms with Crippen LogP contribution in [0.5, 0.6) is 0 Å². The molecule has 1 aromatic heterocycles. The highest BCUT2D eigenvalue weighted by Crippen LogP contribution is 2.44. The number of carboxylic acids is 1. The van der Waals surface area contributed by atoms with Crippen LogP contribution in [-0.2, 0) is 16.1 Å². The lowest BCUT2D eigenvalue weighted by molar-refractivity contribution is -0.159. The summed E-state index contributed by atoms with van der Waals surface area (Å²) in [7, 11) is 1.70. The molecule has 1 heterocycles. The number of hydrogen-bond donors (Lipinski definition) is 1. The predicted molar refractivity (Wildman–Crippen MR) is 68.5 cm³/mol. The van der Waals surface area contributed by atoms with Crippen molar-refractivity contribution in [3.8, 4) is 0 Å². The summed E-state index contributed by atoms with van der Waals surface area (Å²) in [5, 5.41) is 9.23. The van der Waals surface area contributed by atoms with Gasteiger partial charge in [-0.1, -0.05) is 6.42 Å². The Kier molecular flexibility index (Phi) is 3.64. The molecule has 5 heteroatoms. The molecule has 0 unspecified atom stereocenters. The Morgan fingerprint density at radius 3 is 2.58 bits per heavy atom. The van der Waals surface area contributed by atoms with E-state index in [1.807, 2.05) is 13.0 Å². The van der Waals surface area contributed by atoms with Crippen LogP contribution in [0.2, 0.25) is 0 Å². The summed E-state index contributed by atoms with van der Waals surface area (Å²) in [5.41, 5.74) is 0.130. The molecule has 19 heavy (non-hydrogen) atoms. The Morgan fingerprint density at radius 1 is 1.47 bits per heavy atom. The van der Waals surface area contributed by atoms with Gasteiger partial charge in [-0.05, 0) is 25.8 Å². The van der Waals surface area contributed by atoms with Gasteiger partial charge in [0.15, 0.2) is 0 Å². The molecule has 104 valence electrons. The average Bonchev–Trinajstić information content (AvgIpc) is 2.68. The lowest BCUT2D eigenvalue weighted by atomic mass is 9.66. The van der Waals surface area contributed by atoms with E-state index in [1.165, 1.54) is 0 Å². The highest BCUT2D eigenvalue weighted by molar-refractivity contribution is 5.85. The van der Waals surface area contributed by atoms with E-state index in [0.717, 1.165) is 17.7 Å². The second-order valence-corrected chi connectivity index (χ2v) is 5.37. The summed E-state index contributed by atoms with van der Waals surface area (Å²) in [4.78, 5) is 24.9. The molecule has 5 nitrogen and oxygen atoms in total. The van der Waals surface area contributed by atoms with Crippen LogP contribution in [0.25, 0.3) is 0 Å². The first-order valence-corrected chi connectivity index (χ1v) is 6.45. The van der Waals surface area contributed by atoms with Crippen LogP contribution in [0.3, 0.4) is 0 Å². The molecule has 0 aromatic carbocycles. The average molecular weight is 265 g/mol. The summed E-state index contributed by atoms with van der Waals surface area (Å²) in [6.07, 6.45) is 3.78. The number of aliphatic carboxylic acids is 1. The summed E-state index contributed by atoms with van der Waals surface area (Å²) in [5.74, 6) is -0.182. The van der Waals surface area contributed by atoms with Gasteiger partial charge in [0.05, 0.1) is 11.7 Å². The molecular weight excluding hydrogens is 246 g/mol. The van der Waals surface area contributed by atoms with Gasteiger partial charge in [0.2, 0.25) is 5.91 Å². The first-order valence-electron chi connectivity index (χ1n) is 6.45. The molecule has 1 fully saturated rings. The predicted octanol–water partition coefficient (Wildman–Crippen LogP) is 2.19. The van der Waals surface area contributed by atoms with E-state index < -0.39 is 11.4 Å². The topological polar surface area (TPSA) is 70.8 Å². The Morgan fingerprint density at radius 2 is 2.16 bits per heavy atom. The van der Waals surface area contributed by atoms with Crippen molar-refractivity contribution in [3.05, 3.63) is 23.7 Å². The minimum Gasteiger partial charge on any atom is -0.481 e. The van der Waals surface area contributed by atoms with E-state index in [1.54, 1.807) is 18.2 Å². The van der Waals surface area contributed by atoms with E-state index in [2.05, 4.69) is 0 Å². The van der Waals surface area contributed by atoms with Crippen molar-refractivity contribution in [1.29, 1.82) is 0 Å². The number of hydrogen-bond acceptors (Lipinski definition) is 3. The molecule has 1 aliphatic rings. The smallest absolute Gasteiger partial charge is 0.310 e. The molecule has 0 bridgehead atoms. The lowest BCUT2D eigenvalue weighted by Gasteiger charge is -2.37. The minimum atomic E-state index is -0.847. The first kappa shape index (κ1) is 13.6. The van der Waals surface area contributed by atoms with Gasteiger partial charge in [-0.15, -0.1) is 0 Å². The van der Waals surface area contributed by atoms with Crippen LogP contribution in [0.4, 0.5) is 0 Å². The number of nitrogens with zero attached hydrogens (tertiary/aromatic N) is 1. The third-order valence-corrected chi connectivity index (χ3v) is 4.05. The number of amides is 1. The van der Waals surface area contributed by atoms with E-state index in [0.29, 0.717) is 19.4 Å². The zero-order valence-corrected chi connectivity index (χ0v) is 11.3. The zero-order valence-electron chi connectivity index (χ0n) is 11.3. The third kappa shape index (κ3) is 2.64. The normalized spacial score (nSPS) is 16.7. The number of furan rings is 1. The number of carboxylic acid groups (broad SMARTS) is 1. The van der Waals surface area contributed by atoms with Crippen LogP contribution in [0.1, 0.15) is 37.0 Å². The van der Waals surface area contributed by atoms with Crippen molar-refractivity contribution in [2.75, 3.05) is 7.05 Å². The Labute approximate surface area is 112 Å². The Balaban J connectivity index is 1.96. The molecular formula is C14H19NO4. The number of rotatable bonds is 5. The van der Waals surface area contributed by atoms with Crippen molar-refractivity contribution in [2.45, 2.75) is 39.2 Å². The fourth-order valence-corrected chi connectivity index (χ4v) is 2.41. The standard InChI is InChI=1S/C14H19NO4/c1-10-11(4-7-19-10)9-15(2)12(16)8-14(13(17)18)5-3-6-14/h4,7H,3,5-6,8-9H2,1-2H3,(H,17,18). The first-order chi connectivity index (χ1) is 8.94. The molecule has 0 spiro atoms. The Hall–Kier alpha value is -1.78. The third-order valence-electron chi connectivity index (χ3n) is 4.05. The molecule has 1 amide bonds. The van der Waals surface area contributed by atoms with Gasteiger partial charge in [0.1, 0.15) is 5.76 Å². The molecule has 2 rings (SSSR count). The van der Waals surface area contributed by atoms with Crippen molar-refractivity contribution >= 4 is 11.9 Å². The van der Waals surface area contributed by atoms with E-state index in [9.17, 15) is 14.7 Å². The maximum absolute atomic E-state index is 12.1. The highest BCUT2D eigenvalue weighted by Gasteiger charge is 2.46. The molecule has 1 aromatic rings. The van der Waals surface area contributed by atoms with E-state index in [4.69, 9.17) is 4.42 Å². The van der Waals surface area contributed by atoms with Gasteiger partial charge < -0.3 is 14.4 Å². The van der Waals surface area contributed by atoms with Gasteiger partial charge in [0, 0.05) is 25.6 Å². The lowest BCUT2D eigenvalue weighted by Crippen LogP contribution is -2.42. The largest absolute Gasteiger partial charge is 0.481 e. The van der Waals surface area contributed by atoms with Crippen LogP contribution < -0.4 is 0 Å². The van der Waals surface area contributed by atoms with Crippen LogP contribution in [-0.4, -0.2) is 28.9 Å². The molecule has 1 aliphatic carbocycles. The van der Waals surface area contributed by atoms with Crippen LogP contribution >= 0.6 is 0 Å². The quantitative estimate of drug-likeness (QED) is 0.886. The summed E-state index contributed by atoms with van der Waals surface area (Å²) in [6.45, 7) is 2.30. The molecule has 0 saturated heterocycles. The molecule has 0 aliphatic heterocycles. The number of carbonyl (C=O) groups is 2. The summed E-state index contributed by atoms with van der Waals surface area (Å²) in [6, 6.07) is 1.83. The molecule has 0 atom stereocenters.